The van der Waals surface area contributed by atoms with Crippen LogP contribution in [0.4, 0.5) is 0 Å². The van der Waals surface area contributed by atoms with Crippen LogP contribution in [0.15, 0.2) is 137 Å². The molecular weight excluding hydrogens is 2250 g/mol. The fourth-order valence-corrected chi connectivity index (χ4v) is 29.0. The number of hydrogen-bond acceptors (Lipinski definition) is 0. The van der Waals surface area contributed by atoms with E-state index in [1.807, 2.05) is 0 Å². The van der Waals surface area contributed by atoms with Crippen LogP contribution in [-0.4, -0.2) is 174 Å². The summed E-state index contributed by atoms with van der Waals surface area (Å²) in [6, 6.07) is 34.5. The summed E-state index contributed by atoms with van der Waals surface area (Å²) in [6.07, 6.45) is 11.5. The minimum Gasteiger partial charge on any atom is -0.196 e. The van der Waals surface area contributed by atoms with Gasteiger partial charge in [0.05, 0.1) is 35.4 Å². The third-order valence-corrected chi connectivity index (χ3v) is 41.1. The van der Waals surface area contributed by atoms with E-state index in [0.717, 1.165) is 0 Å². The predicted molar refractivity (Wildman–Crippen MR) is 546 cm³/mol. The van der Waals surface area contributed by atoms with Crippen molar-refractivity contribution in [1.29, 1.82) is 0 Å². The fourth-order valence-electron chi connectivity index (χ4n) is 15.6. The van der Waals surface area contributed by atoms with Gasteiger partial charge in [-0.05, 0) is 11.3 Å². The molecule has 12 rings (SSSR count). The molecule has 10 aromatic rings. The van der Waals surface area contributed by atoms with E-state index in [1.54, 1.807) is 41.5 Å². The molecule has 12 radical (unpaired) electrons. The van der Waals surface area contributed by atoms with Crippen molar-refractivity contribution in [3.8, 4) is 0 Å². The summed E-state index contributed by atoms with van der Waals surface area (Å²) in [5, 5.41) is 22.3. The first-order chi connectivity index (χ1) is 49.1. The molecule has 0 unspecified atom stereocenters. The number of rotatable bonds is 8. The van der Waals surface area contributed by atoms with Gasteiger partial charge < -0.3 is 0 Å². The van der Waals surface area contributed by atoms with E-state index >= 15 is 0 Å². The zero-order chi connectivity index (χ0) is 82.9. The molecule has 0 N–H and O–H groups in total. The van der Waals surface area contributed by atoms with Crippen molar-refractivity contribution in [3.05, 3.63) is 255 Å². The summed E-state index contributed by atoms with van der Waals surface area (Å²) in [5.41, 5.74) is 32.4. The van der Waals surface area contributed by atoms with Crippen LogP contribution in [0.25, 0.3) is 32.3 Å². The first kappa shape index (κ1) is 108. The fraction of sp³-hybridized carbons (Fsp3) is 0.440. The Morgan fingerprint density at radius 2 is 0.607 bits per heavy atom. The Balaban J connectivity index is 0.000000644. The molecule has 12 heteroatoms. The summed E-state index contributed by atoms with van der Waals surface area (Å²) in [4.78, 5) is 0. The van der Waals surface area contributed by atoms with Gasteiger partial charge in [-0.25, -0.2) is 0 Å². The van der Waals surface area contributed by atoms with Crippen LogP contribution in [0.2, 0.25) is 157 Å². The predicted octanol–water partition coefficient (Wildman–Crippen LogP) is 25.9. The van der Waals surface area contributed by atoms with Gasteiger partial charge in [0.15, 0.2) is 0 Å². The van der Waals surface area contributed by atoms with Crippen molar-refractivity contribution in [2.45, 2.75) is 296 Å². The van der Waals surface area contributed by atoms with Gasteiger partial charge in [0, 0.05) is 117 Å². The Kier molecular flexibility index (Phi) is 40.6. The molecule has 112 heavy (non-hydrogen) atoms. The zero-order valence-electron chi connectivity index (χ0n) is 79.5. The Bertz CT molecular complexity index is 4000. The molecule has 0 fully saturated rings. The first-order valence-electron chi connectivity index (χ1n) is 40.6. The second-order valence-electron chi connectivity index (χ2n) is 40.6. The van der Waals surface area contributed by atoms with Crippen LogP contribution >= 0.6 is 0 Å². The van der Waals surface area contributed by atoms with Crippen LogP contribution in [0.5, 0.6) is 0 Å². The summed E-state index contributed by atoms with van der Waals surface area (Å²) >= 11 is 0. The van der Waals surface area contributed by atoms with E-state index < -0.39 is 64.6 Å². The Labute approximate surface area is 778 Å². The molecule has 0 heterocycles. The third kappa shape index (κ3) is 26.1. The zero-order valence-corrected chi connectivity index (χ0v) is 103. The van der Waals surface area contributed by atoms with Crippen molar-refractivity contribution in [2.75, 3.05) is 0 Å². The maximum absolute atomic E-state index is 2.53. The van der Waals surface area contributed by atoms with Crippen LogP contribution in [0, 0.1) is 145 Å². The van der Waals surface area contributed by atoms with Crippen molar-refractivity contribution in [2.24, 2.45) is 0 Å². The molecule has 0 amide bonds. The van der Waals surface area contributed by atoms with Crippen molar-refractivity contribution < 1.29 is 0 Å². The smallest absolute Gasteiger partial charge is 0.196 e. The Morgan fingerprint density at radius 1 is 0.321 bits per heavy atom. The summed E-state index contributed by atoms with van der Waals surface area (Å²) in [6.45, 7) is 103. The molecule has 0 bridgehead atoms. The molecular formula is C100H152Pb4Si8-2. The molecule has 602 valence electrons. The van der Waals surface area contributed by atoms with E-state index in [2.05, 4.69) is 417 Å². The number of allylic oxidation sites excluding steroid dienone is 8. The molecule has 0 aliphatic heterocycles. The van der Waals surface area contributed by atoms with Gasteiger partial charge in [0.1, 0.15) is 8.07 Å². The summed E-state index contributed by atoms with van der Waals surface area (Å²) < 4.78 is 0. The average molecular weight is 2410 g/mol. The van der Waals surface area contributed by atoms with Gasteiger partial charge in [0.2, 0.25) is 0 Å². The number of benzene rings is 3. The van der Waals surface area contributed by atoms with Crippen molar-refractivity contribution in [3.63, 3.8) is 0 Å². The second kappa shape index (κ2) is 42.1. The van der Waals surface area contributed by atoms with E-state index in [1.165, 1.54) is 155 Å². The molecule has 0 spiro atoms. The molecule has 2 aliphatic carbocycles. The van der Waals surface area contributed by atoms with Gasteiger partial charge in [-0.3, -0.25) is 0 Å². The third-order valence-electron chi connectivity index (χ3n) is 24.9. The molecule has 10 aromatic carbocycles. The SMILES string of the molecule is C[Si](C)(C)C1=CC([Si](C)(C)C)=C2[CH+]C=CC=C12.C[Si](C)(C)c1c[c-]([Si](C)(C)C)c2ccccc12.C[Si](C)(C)c1cc([Si](C)(C)C)[c-]2ccccc12.C[Si](C)(C)c1cc([Si](C)(C)C)[c-]2ccccc12.Cc1c(C)c(C)[c-](C)c1C.Cc1c(C)c(C)[c-](C)c1C.Cc1c(C)c(C)[c-](C)c1C.Cc1c(C)c(C)[c-](C)c1C.[Pb+2].[Pb+2].[Pb].[Pb]. The van der Waals surface area contributed by atoms with E-state index in [-0.39, 0.29) is 109 Å². The van der Waals surface area contributed by atoms with E-state index in [4.69, 9.17) is 0 Å². The maximum atomic E-state index is 2.53. The standard InChI is InChI=1S/4C15H23Si2.4C10H15.4Pb/c4*1-16(2,3)14-11-15(17(4,5)6)13-10-8-7-9-12(13)14;4*1-6-7(2)9(4)10(5)8(6)3;;;;/h4*7-11H,1-6H3;4*1-5H3;;;;/q3*-1;+1;4*-1;;;2*+2. The van der Waals surface area contributed by atoms with Crippen LogP contribution in [-0.2, 0) is 0 Å². The van der Waals surface area contributed by atoms with Crippen LogP contribution in [0.3, 0.4) is 0 Å². The Morgan fingerprint density at radius 3 is 0.857 bits per heavy atom. The monoisotopic (exact) mass is 2410 g/mol. The largest absolute Gasteiger partial charge is 2.00 e. The summed E-state index contributed by atoms with van der Waals surface area (Å²) in [7, 11) is -9.87. The first-order valence-corrected chi connectivity index (χ1v) is 68.6. The topological polar surface area (TPSA) is 0 Å². The van der Waals surface area contributed by atoms with Gasteiger partial charge >= 0.3 is 54.6 Å². The minimum absolute atomic E-state index is 0. The summed E-state index contributed by atoms with van der Waals surface area (Å²) in [5.74, 6) is 0. The van der Waals surface area contributed by atoms with Crippen molar-refractivity contribution in [1.82, 2.24) is 0 Å². The molecule has 0 nitrogen and oxygen atoms in total. The molecule has 0 atom stereocenters. The van der Waals surface area contributed by atoms with E-state index in [9.17, 15) is 0 Å². The molecule has 0 saturated heterocycles. The normalized spacial score (nSPS) is 12.8. The molecule has 0 aromatic heterocycles. The number of hydrogen-bond donors (Lipinski definition) is 0. The second-order valence-corrected chi connectivity index (χ2v) is 80.9. The van der Waals surface area contributed by atoms with Gasteiger partial charge in [-0.1, -0.05) is 312 Å². The van der Waals surface area contributed by atoms with Crippen LogP contribution in [0.1, 0.15) is 111 Å². The maximum Gasteiger partial charge on any atom is 2.00 e. The quantitative estimate of drug-likeness (QED) is 0.105. The molecule has 2 aliphatic rings. The van der Waals surface area contributed by atoms with E-state index in [0.29, 0.717) is 0 Å². The average Bonchev–Trinajstić information content (AvgIpc) is 1.62. The van der Waals surface area contributed by atoms with Gasteiger partial charge in [-0.2, -0.15) is 135 Å². The van der Waals surface area contributed by atoms with Crippen LogP contribution < -0.4 is 31.1 Å². The van der Waals surface area contributed by atoms with Gasteiger partial charge in [0.25, 0.3) is 0 Å². The minimum atomic E-state index is -1.23. The molecule has 0 saturated carbocycles. The Hall–Kier alpha value is -1.86. The van der Waals surface area contributed by atoms with Crippen molar-refractivity contribution >= 4 is 237 Å². The number of fused-ring (bicyclic) bond motifs is 4. The van der Waals surface area contributed by atoms with Gasteiger partial charge in [-0.15, -0.1) is 114 Å².